The molecule has 0 unspecified atom stereocenters. The molecule has 0 saturated heterocycles. The predicted octanol–water partition coefficient (Wildman–Crippen LogP) is 4.26. The van der Waals surface area contributed by atoms with Gasteiger partial charge in [0.2, 0.25) is 0 Å². The number of hydrogen-bond acceptors (Lipinski definition) is 3. The van der Waals surface area contributed by atoms with E-state index in [1.165, 1.54) is 0 Å². The van der Waals surface area contributed by atoms with Crippen molar-refractivity contribution in [2.45, 2.75) is 39.0 Å². The molecule has 0 spiro atoms. The first-order chi connectivity index (χ1) is 8.97. The molecule has 0 amide bonds. The van der Waals surface area contributed by atoms with Crippen LogP contribution in [0.2, 0.25) is 0 Å². The van der Waals surface area contributed by atoms with Gasteiger partial charge in [-0.25, -0.2) is 4.98 Å². The minimum Gasteiger partial charge on any atom is -0.294 e. The number of nitrogens with zero attached hydrogens (tertiary/aromatic N) is 1. The largest absolute Gasteiger partial charge is 0.294 e. The van der Waals surface area contributed by atoms with Crippen molar-refractivity contribution in [1.29, 1.82) is 0 Å². The maximum atomic E-state index is 12.0. The van der Waals surface area contributed by atoms with E-state index in [1.54, 1.807) is 11.3 Å². The van der Waals surface area contributed by atoms with Gasteiger partial charge in [0.1, 0.15) is 0 Å². The predicted molar refractivity (Wildman–Crippen MR) is 79.9 cm³/mol. The molecule has 2 nitrogen and oxygen atoms in total. The number of aromatic nitrogens is 1. The fraction of sp³-hybridized carbons (Fsp3) is 0.375. The topological polar surface area (TPSA) is 30.0 Å². The van der Waals surface area contributed by atoms with Crippen molar-refractivity contribution in [3.8, 4) is 0 Å². The molecule has 100 valence electrons. The zero-order valence-corrected chi connectivity index (χ0v) is 12.5. The summed E-state index contributed by atoms with van der Waals surface area (Å²) in [5.74, 6) is 0.188. The molecule has 1 aromatic heterocycles. The Labute approximate surface area is 118 Å². The molecule has 0 N–H and O–H groups in total. The molecule has 0 fully saturated rings. The Kier molecular flexibility index (Phi) is 4.15. The normalized spacial score (nSPS) is 11.5. The van der Waals surface area contributed by atoms with Crippen LogP contribution in [0.4, 0.5) is 0 Å². The van der Waals surface area contributed by atoms with Crippen molar-refractivity contribution in [1.82, 2.24) is 4.98 Å². The molecule has 0 bridgehead atoms. The van der Waals surface area contributed by atoms with Crippen molar-refractivity contribution in [2.24, 2.45) is 0 Å². The number of hydrogen-bond donors (Lipinski definition) is 0. The Bertz CT molecular complexity index is 552. The first-order valence-corrected chi connectivity index (χ1v) is 7.38. The summed E-state index contributed by atoms with van der Waals surface area (Å²) in [4.78, 5) is 16.6. The minimum absolute atomic E-state index is 0.0815. The summed E-state index contributed by atoms with van der Waals surface area (Å²) in [6, 6.07) is 9.45. The van der Waals surface area contributed by atoms with Crippen LogP contribution in [-0.2, 0) is 11.8 Å². The average molecular weight is 273 g/mol. The SMILES string of the molecule is CC(C)(C)c1csc(CCC(=O)c2ccccc2)n1. The van der Waals surface area contributed by atoms with Crippen LogP contribution in [0.15, 0.2) is 35.7 Å². The molecular weight excluding hydrogens is 254 g/mol. The van der Waals surface area contributed by atoms with E-state index < -0.39 is 0 Å². The van der Waals surface area contributed by atoms with Gasteiger partial charge in [-0.15, -0.1) is 11.3 Å². The second kappa shape index (κ2) is 5.66. The van der Waals surface area contributed by atoms with Crippen LogP contribution < -0.4 is 0 Å². The smallest absolute Gasteiger partial charge is 0.163 e. The van der Waals surface area contributed by atoms with E-state index in [4.69, 9.17) is 0 Å². The van der Waals surface area contributed by atoms with Crippen molar-refractivity contribution in [3.63, 3.8) is 0 Å². The number of ketones is 1. The van der Waals surface area contributed by atoms with Gasteiger partial charge in [0, 0.05) is 29.2 Å². The molecule has 0 aliphatic rings. The molecule has 1 aromatic carbocycles. The van der Waals surface area contributed by atoms with Crippen LogP contribution in [0.5, 0.6) is 0 Å². The summed E-state index contributed by atoms with van der Waals surface area (Å²) in [6.07, 6.45) is 1.26. The Hall–Kier alpha value is -1.48. The highest BCUT2D eigenvalue weighted by molar-refractivity contribution is 7.09. The summed E-state index contributed by atoms with van der Waals surface area (Å²) in [5.41, 5.74) is 1.98. The van der Waals surface area contributed by atoms with Gasteiger partial charge in [-0.2, -0.15) is 0 Å². The average Bonchev–Trinajstić information content (AvgIpc) is 2.86. The van der Waals surface area contributed by atoms with Crippen LogP contribution in [0.25, 0.3) is 0 Å². The Morgan fingerprint density at radius 2 is 1.89 bits per heavy atom. The fourth-order valence-corrected chi connectivity index (χ4v) is 2.78. The zero-order chi connectivity index (χ0) is 13.9. The summed E-state index contributed by atoms with van der Waals surface area (Å²) in [6.45, 7) is 6.46. The summed E-state index contributed by atoms with van der Waals surface area (Å²) >= 11 is 1.65. The zero-order valence-electron chi connectivity index (χ0n) is 11.6. The van der Waals surface area contributed by atoms with Crippen molar-refractivity contribution >= 4 is 17.1 Å². The van der Waals surface area contributed by atoms with E-state index in [2.05, 4.69) is 31.1 Å². The second-order valence-electron chi connectivity index (χ2n) is 5.67. The maximum absolute atomic E-state index is 12.0. The van der Waals surface area contributed by atoms with Gasteiger partial charge in [0.05, 0.1) is 10.7 Å². The highest BCUT2D eigenvalue weighted by Crippen LogP contribution is 2.24. The lowest BCUT2D eigenvalue weighted by Gasteiger charge is -2.14. The molecule has 0 saturated carbocycles. The van der Waals surface area contributed by atoms with Crippen LogP contribution in [0.3, 0.4) is 0 Å². The van der Waals surface area contributed by atoms with Crippen LogP contribution >= 0.6 is 11.3 Å². The Morgan fingerprint density at radius 1 is 1.21 bits per heavy atom. The molecule has 1 heterocycles. The number of aryl methyl sites for hydroxylation is 1. The molecule has 0 radical (unpaired) electrons. The minimum atomic E-state index is 0.0815. The Morgan fingerprint density at radius 3 is 2.47 bits per heavy atom. The second-order valence-corrected chi connectivity index (χ2v) is 6.61. The summed E-state index contributed by atoms with van der Waals surface area (Å²) in [7, 11) is 0. The van der Waals surface area contributed by atoms with E-state index in [0.717, 1.165) is 22.7 Å². The lowest BCUT2D eigenvalue weighted by Crippen LogP contribution is -2.11. The van der Waals surface area contributed by atoms with Crippen LogP contribution in [0, 0.1) is 0 Å². The molecule has 3 heteroatoms. The number of rotatable bonds is 4. The lowest BCUT2D eigenvalue weighted by atomic mass is 9.93. The van der Waals surface area contributed by atoms with E-state index in [1.807, 2.05) is 30.3 Å². The summed E-state index contributed by atoms with van der Waals surface area (Å²) < 4.78 is 0. The lowest BCUT2D eigenvalue weighted by molar-refractivity contribution is 0.0983. The van der Waals surface area contributed by atoms with Crippen LogP contribution in [-0.4, -0.2) is 10.8 Å². The van der Waals surface area contributed by atoms with E-state index in [-0.39, 0.29) is 11.2 Å². The molecule has 0 aliphatic carbocycles. The number of carbonyl (C=O) groups is 1. The van der Waals surface area contributed by atoms with Gasteiger partial charge in [-0.05, 0) is 0 Å². The van der Waals surface area contributed by atoms with E-state index in [9.17, 15) is 4.79 Å². The van der Waals surface area contributed by atoms with E-state index in [0.29, 0.717) is 6.42 Å². The summed E-state index contributed by atoms with van der Waals surface area (Å²) in [5, 5.41) is 3.15. The monoisotopic (exact) mass is 273 g/mol. The molecule has 19 heavy (non-hydrogen) atoms. The Balaban J connectivity index is 1.96. The van der Waals surface area contributed by atoms with Gasteiger partial charge in [-0.1, -0.05) is 51.1 Å². The third kappa shape index (κ3) is 3.74. The number of carbonyl (C=O) groups excluding carboxylic acids is 1. The first kappa shape index (κ1) is 13.9. The van der Waals surface area contributed by atoms with Crippen molar-refractivity contribution in [3.05, 3.63) is 52.0 Å². The number of benzene rings is 1. The maximum Gasteiger partial charge on any atom is 0.163 e. The molecular formula is C16H19NOS. The van der Waals surface area contributed by atoms with Crippen molar-refractivity contribution in [2.75, 3.05) is 0 Å². The standard InChI is InChI=1S/C16H19NOS/c1-16(2,3)14-11-19-15(17-14)10-9-13(18)12-7-5-4-6-8-12/h4-8,11H,9-10H2,1-3H3. The fourth-order valence-electron chi connectivity index (χ4n) is 1.76. The van der Waals surface area contributed by atoms with Crippen LogP contribution in [0.1, 0.15) is 48.3 Å². The third-order valence-electron chi connectivity index (χ3n) is 2.98. The highest BCUT2D eigenvalue weighted by atomic mass is 32.1. The first-order valence-electron chi connectivity index (χ1n) is 6.50. The molecule has 0 aliphatic heterocycles. The molecule has 2 rings (SSSR count). The van der Waals surface area contributed by atoms with Gasteiger partial charge in [0.25, 0.3) is 0 Å². The molecule has 0 atom stereocenters. The molecule has 2 aromatic rings. The quantitative estimate of drug-likeness (QED) is 0.779. The number of thiazole rings is 1. The third-order valence-corrected chi connectivity index (χ3v) is 3.89. The van der Waals surface area contributed by atoms with Gasteiger partial charge in [-0.3, -0.25) is 4.79 Å². The highest BCUT2D eigenvalue weighted by Gasteiger charge is 2.17. The van der Waals surface area contributed by atoms with Gasteiger partial charge >= 0.3 is 0 Å². The van der Waals surface area contributed by atoms with E-state index >= 15 is 0 Å². The van der Waals surface area contributed by atoms with Crippen molar-refractivity contribution < 1.29 is 4.79 Å². The number of Topliss-reactive ketones (excluding diaryl/α,β-unsaturated/α-hetero) is 1. The van der Waals surface area contributed by atoms with Gasteiger partial charge < -0.3 is 0 Å². The van der Waals surface area contributed by atoms with Gasteiger partial charge in [0.15, 0.2) is 5.78 Å².